The van der Waals surface area contributed by atoms with E-state index >= 15 is 0 Å². The summed E-state index contributed by atoms with van der Waals surface area (Å²) in [4.78, 5) is 11.5. The van der Waals surface area contributed by atoms with Crippen LogP contribution in [0.3, 0.4) is 0 Å². The first-order valence-electron chi connectivity index (χ1n) is 5.67. The second-order valence-electron chi connectivity index (χ2n) is 4.07. The van der Waals surface area contributed by atoms with Crippen LogP contribution in [-0.2, 0) is 5.75 Å². The molecule has 20 heavy (non-hydrogen) atoms. The first kappa shape index (κ1) is 14.7. The van der Waals surface area contributed by atoms with E-state index in [9.17, 15) is 9.18 Å². The fourth-order valence-corrected chi connectivity index (χ4v) is 2.93. The molecule has 0 spiro atoms. The van der Waals surface area contributed by atoms with Gasteiger partial charge in [-0.1, -0.05) is 23.7 Å². The number of hydrogen-bond donors (Lipinski definition) is 2. The number of carboxylic acids is 1. The number of carbonyl (C=O) groups is 1. The van der Waals surface area contributed by atoms with Gasteiger partial charge in [0.25, 0.3) is 0 Å². The number of thioether (sulfide) groups is 1. The molecule has 0 aliphatic carbocycles. The second-order valence-corrected chi connectivity index (χ2v) is 5.46. The SMILES string of the molecule is Nc1cccc(Cl)c1SCc1ccc(C(=O)O)c(F)c1. The third-order valence-electron chi connectivity index (χ3n) is 2.64. The van der Waals surface area contributed by atoms with Gasteiger partial charge < -0.3 is 10.8 Å². The highest BCUT2D eigenvalue weighted by molar-refractivity contribution is 7.98. The molecule has 0 atom stereocenters. The van der Waals surface area contributed by atoms with E-state index in [1.807, 2.05) is 0 Å². The van der Waals surface area contributed by atoms with E-state index in [0.29, 0.717) is 22.0 Å². The maximum absolute atomic E-state index is 13.5. The number of hydrogen-bond acceptors (Lipinski definition) is 3. The zero-order chi connectivity index (χ0) is 14.7. The number of rotatable bonds is 4. The summed E-state index contributed by atoms with van der Waals surface area (Å²) in [7, 11) is 0. The van der Waals surface area contributed by atoms with E-state index in [0.717, 1.165) is 4.90 Å². The molecule has 3 nitrogen and oxygen atoms in total. The summed E-state index contributed by atoms with van der Waals surface area (Å²) in [5, 5.41) is 9.30. The lowest BCUT2D eigenvalue weighted by molar-refractivity contribution is 0.0692. The monoisotopic (exact) mass is 311 g/mol. The lowest BCUT2D eigenvalue weighted by atomic mass is 10.1. The maximum Gasteiger partial charge on any atom is 0.338 e. The molecule has 0 aliphatic rings. The molecular weight excluding hydrogens is 301 g/mol. The van der Waals surface area contributed by atoms with Crippen molar-refractivity contribution in [3.63, 3.8) is 0 Å². The number of aromatic carboxylic acids is 1. The van der Waals surface area contributed by atoms with Gasteiger partial charge in [0.1, 0.15) is 5.82 Å². The molecule has 0 saturated carbocycles. The van der Waals surface area contributed by atoms with Crippen molar-refractivity contribution in [3.05, 3.63) is 58.4 Å². The topological polar surface area (TPSA) is 63.3 Å². The fourth-order valence-electron chi connectivity index (χ4n) is 1.66. The van der Waals surface area contributed by atoms with E-state index in [2.05, 4.69) is 0 Å². The fraction of sp³-hybridized carbons (Fsp3) is 0.0714. The first-order chi connectivity index (χ1) is 9.49. The Hall–Kier alpha value is -1.72. The minimum absolute atomic E-state index is 0.337. The maximum atomic E-state index is 13.5. The highest BCUT2D eigenvalue weighted by Gasteiger charge is 2.11. The standard InChI is InChI=1S/C14H11ClFNO2S/c15-10-2-1-3-12(17)13(10)20-7-8-4-5-9(14(18)19)11(16)6-8/h1-6H,7,17H2,(H,18,19). The molecule has 0 unspecified atom stereocenters. The zero-order valence-electron chi connectivity index (χ0n) is 10.3. The average Bonchev–Trinajstić information content (AvgIpc) is 2.37. The summed E-state index contributed by atoms with van der Waals surface area (Å²) < 4.78 is 13.5. The molecule has 6 heteroatoms. The van der Waals surface area contributed by atoms with Crippen molar-refractivity contribution in [1.29, 1.82) is 0 Å². The summed E-state index contributed by atoms with van der Waals surface area (Å²) >= 11 is 7.42. The van der Waals surface area contributed by atoms with Gasteiger partial charge in [-0.2, -0.15) is 0 Å². The number of nitrogen functional groups attached to an aromatic ring is 1. The average molecular weight is 312 g/mol. The van der Waals surface area contributed by atoms with Gasteiger partial charge in [0.05, 0.1) is 10.6 Å². The van der Waals surface area contributed by atoms with Crippen LogP contribution in [0.5, 0.6) is 0 Å². The summed E-state index contributed by atoms with van der Waals surface area (Å²) in [6.45, 7) is 0. The molecule has 0 bridgehead atoms. The van der Waals surface area contributed by atoms with Crippen LogP contribution in [0.4, 0.5) is 10.1 Å². The predicted octanol–water partition coefficient (Wildman–Crippen LogP) is 4.05. The molecular formula is C14H11ClFNO2S. The summed E-state index contributed by atoms with van der Waals surface area (Å²) in [6.07, 6.45) is 0. The van der Waals surface area contributed by atoms with Crippen LogP contribution in [0.25, 0.3) is 0 Å². The molecule has 3 N–H and O–H groups in total. The largest absolute Gasteiger partial charge is 0.478 e. The Labute approximate surface area is 124 Å². The molecule has 2 rings (SSSR count). The van der Waals surface area contributed by atoms with Crippen molar-refractivity contribution >= 4 is 35.0 Å². The molecule has 104 valence electrons. The Balaban J connectivity index is 2.16. The van der Waals surface area contributed by atoms with Crippen LogP contribution in [0, 0.1) is 5.82 Å². The van der Waals surface area contributed by atoms with Crippen LogP contribution in [0.15, 0.2) is 41.3 Å². The highest BCUT2D eigenvalue weighted by atomic mass is 35.5. The van der Waals surface area contributed by atoms with Crippen LogP contribution in [0.1, 0.15) is 15.9 Å². The predicted molar refractivity (Wildman–Crippen MR) is 78.8 cm³/mol. The van der Waals surface area contributed by atoms with Gasteiger partial charge in [-0.15, -0.1) is 11.8 Å². The molecule has 2 aromatic carbocycles. The quantitative estimate of drug-likeness (QED) is 0.660. The van der Waals surface area contributed by atoms with E-state index in [1.54, 1.807) is 24.3 Å². The van der Waals surface area contributed by atoms with E-state index in [-0.39, 0.29) is 5.56 Å². The second kappa shape index (κ2) is 6.15. The van der Waals surface area contributed by atoms with Gasteiger partial charge in [0, 0.05) is 16.3 Å². The van der Waals surface area contributed by atoms with Gasteiger partial charge in [-0.05, 0) is 29.8 Å². The Kier molecular flexibility index (Phi) is 4.52. The molecule has 0 amide bonds. The number of nitrogens with two attached hydrogens (primary N) is 1. The lowest BCUT2D eigenvalue weighted by Crippen LogP contribution is -2.00. The minimum Gasteiger partial charge on any atom is -0.478 e. The van der Waals surface area contributed by atoms with Crippen molar-refractivity contribution in [2.24, 2.45) is 0 Å². The Morgan fingerprint density at radius 2 is 2.10 bits per heavy atom. The smallest absolute Gasteiger partial charge is 0.338 e. The lowest BCUT2D eigenvalue weighted by Gasteiger charge is -2.08. The molecule has 0 heterocycles. The molecule has 0 aromatic heterocycles. The van der Waals surface area contributed by atoms with Gasteiger partial charge in [-0.25, -0.2) is 9.18 Å². The van der Waals surface area contributed by atoms with Gasteiger partial charge in [-0.3, -0.25) is 0 Å². The molecule has 0 radical (unpaired) electrons. The molecule has 0 saturated heterocycles. The first-order valence-corrected chi connectivity index (χ1v) is 7.04. The van der Waals surface area contributed by atoms with Crippen molar-refractivity contribution < 1.29 is 14.3 Å². The Morgan fingerprint density at radius 1 is 1.35 bits per heavy atom. The van der Waals surface area contributed by atoms with Gasteiger partial charge >= 0.3 is 5.97 Å². The van der Waals surface area contributed by atoms with E-state index < -0.39 is 11.8 Å². The van der Waals surface area contributed by atoms with Crippen LogP contribution in [-0.4, -0.2) is 11.1 Å². The minimum atomic E-state index is -1.28. The third-order valence-corrected chi connectivity index (χ3v) is 4.29. The van der Waals surface area contributed by atoms with Gasteiger partial charge in [0.15, 0.2) is 0 Å². The number of halogens is 2. The van der Waals surface area contributed by atoms with Crippen LogP contribution >= 0.6 is 23.4 Å². The zero-order valence-corrected chi connectivity index (χ0v) is 11.8. The Bertz CT molecular complexity index is 643. The van der Waals surface area contributed by atoms with Crippen molar-refractivity contribution in [2.45, 2.75) is 10.6 Å². The van der Waals surface area contributed by atoms with Crippen molar-refractivity contribution in [1.82, 2.24) is 0 Å². The molecule has 0 fully saturated rings. The highest BCUT2D eigenvalue weighted by Crippen LogP contribution is 2.34. The van der Waals surface area contributed by atoms with E-state index in [1.165, 1.54) is 23.9 Å². The van der Waals surface area contributed by atoms with Crippen molar-refractivity contribution in [2.75, 3.05) is 5.73 Å². The Morgan fingerprint density at radius 3 is 2.70 bits per heavy atom. The van der Waals surface area contributed by atoms with Crippen molar-refractivity contribution in [3.8, 4) is 0 Å². The third kappa shape index (κ3) is 3.23. The molecule has 0 aliphatic heterocycles. The van der Waals surface area contributed by atoms with Crippen LogP contribution in [0.2, 0.25) is 5.02 Å². The van der Waals surface area contributed by atoms with E-state index in [4.69, 9.17) is 22.4 Å². The number of carboxylic acid groups (broad SMARTS) is 1. The van der Waals surface area contributed by atoms with Gasteiger partial charge in [0.2, 0.25) is 0 Å². The summed E-state index contributed by atoms with van der Waals surface area (Å²) in [6, 6.07) is 9.26. The number of anilines is 1. The summed E-state index contributed by atoms with van der Waals surface area (Å²) in [5.41, 5.74) is 6.71. The number of benzene rings is 2. The molecule has 2 aromatic rings. The summed E-state index contributed by atoms with van der Waals surface area (Å²) in [5.74, 6) is -1.58. The van der Waals surface area contributed by atoms with Crippen LogP contribution < -0.4 is 5.73 Å². The normalized spacial score (nSPS) is 10.5.